The van der Waals surface area contributed by atoms with E-state index in [1.165, 1.54) is 0 Å². The third-order valence-electron chi connectivity index (χ3n) is 8.13. The zero-order valence-electron chi connectivity index (χ0n) is 21.0. The van der Waals surface area contributed by atoms with Crippen molar-refractivity contribution in [3.63, 3.8) is 0 Å². The van der Waals surface area contributed by atoms with Crippen molar-refractivity contribution in [2.45, 2.75) is 22.6 Å². The number of carbonyl (C=O) groups excluding carboxylic acids is 2. The molecule has 39 heavy (non-hydrogen) atoms. The van der Waals surface area contributed by atoms with Crippen LogP contribution in [0.25, 0.3) is 21.5 Å². The van der Waals surface area contributed by atoms with Crippen LogP contribution in [0.5, 0.6) is 0 Å². The van der Waals surface area contributed by atoms with Gasteiger partial charge in [-0.15, -0.1) is 0 Å². The molecule has 2 aliphatic carbocycles. The molecule has 0 fully saturated rings. The Labute approximate surface area is 230 Å². The molecule has 8 rings (SSSR count). The Bertz CT molecular complexity index is 1890. The van der Waals surface area contributed by atoms with Crippen molar-refractivity contribution >= 4 is 44.9 Å². The summed E-state index contributed by atoms with van der Waals surface area (Å²) in [4.78, 5) is 29.0. The predicted molar refractivity (Wildman–Crippen MR) is 157 cm³/mol. The molecule has 0 saturated carbocycles. The smallest absolute Gasteiger partial charge is 0.194 e. The molecule has 0 aromatic heterocycles. The fraction of sp³-hybridized carbons (Fsp3) is 0.0556. The summed E-state index contributed by atoms with van der Waals surface area (Å²) in [6.07, 6.45) is 1.58. The van der Waals surface area contributed by atoms with E-state index in [2.05, 4.69) is 60.7 Å². The van der Waals surface area contributed by atoms with E-state index >= 15 is 0 Å². The van der Waals surface area contributed by atoms with E-state index in [9.17, 15) is 9.59 Å². The molecule has 0 saturated heterocycles. The first kappa shape index (κ1) is 22.5. The van der Waals surface area contributed by atoms with Gasteiger partial charge in [0, 0.05) is 32.0 Å². The van der Waals surface area contributed by atoms with Crippen LogP contribution in [-0.2, 0) is 12.8 Å². The summed E-state index contributed by atoms with van der Waals surface area (Å²) in [6.45, 7) is 0. The van der Waals surface area contributed by atoms with E-state index in [1.807, 2.05) is 48.5 Å². The van der Waals surface area contributed by atoms with E-state index < -0.39 is 0 Å². The fourth-order valence-electron chi connectivity index (χ4n) is 6.27. The molecule has 0 heterocycles. The summed E-state index contributed by atoms with van der Waals surface area (Å²) in [5, 5.41) is 4.18. The number of rotatable bonds is 2. The zero-order chi connectivity index (χ0) is 26.1. The first-order valence-corrected chi connectivity index (χ1v) is 14.0. The summed E-state index contributed by atoms with van der Waals surface area (Å²) in [5.41, 5.74) is 7.71. The number of fused-ring (bicyclic) bond motifs is 8. The van der Waals surface area contributed by atoms with Gasteiger partial charge < -0.3 is 0 Å². The molecular formula is C36H22O2S. The van der Waals surface area contributed by atoms with Crippen molar-refractivity contribution < 1.29 is 9.59 Å². The zero-order valence-corrected chi connectivity index (χ0v) is 21.8. The van der Waals surface area contributed by atoms with Gasteiger partial charge in [0.1, 0.15) is 0 Å². The van der Waals surface area contributed by atoms with Gasteiger partial charge >= 0.3 is 0 Å². The highest BCUT2D eigenvalue weighted by Gasteiger charge is 2.26. The van der Waals surface area contributed by atoms with Gasteiger partial charge in [0.05, 0.1) is 0 Å². The van der Waals surface area contributed by atoms with Crippen LogP contribution in [0.2, 0.25) is 0 Å². The Morgan fingerprint density at radius 2 is 0.923 bits per heavy atom. The quantitative estimate of drug-likeness (QED) is 0.230. The average Bonchev–Trinajstić information content (AvgIpc) is 2.97. The Morgan fingerprint density at radius 3 is 1.41 bits per heavy atom. The van der Waals surface area contributed by atoms with Crippen LogP contribution in [0.1, 0.15) is 54.1 Å². The molecule has 0 amide bonds. The lowest BCUT2D eigenvalue weighted by Crippen LogP contribution is -2.15. The van der Waals surface area contributed by atoms with Gasteiger partial charge in [-0.1, -0.05) is 96.7 Å². The second-order valence-corrected chi connectivity index (χ2v) is 11.5. The van der Waals surface area contributed by atoms with Gasteiger partial charge in [0.15, 0.2) is 11.6 Å². The molecule has 0 atom stereocenters. The van der Waals surface area contributed by atoms with E-state index in [4.69, 9.17) is 0 Å². The highest BCUT2D eigenvalue weighted by Crippen LogP contribution is 2.38. The van der Waals surface area contributed by atoms with Crippen LogP contribution in [0.3, 0.4) is 0 Å². The van der Waals surface area contributed by atoms with Crippen molar-refractivity contribution in [3.05, 3.63) is 154 Å². The first-order chi connectivity index (χ1) is 19.1. The van der Waals surface area contributed by atoms with Crippen molar-refractivity contribution in [3.8, 4) is 0 Å². The Kier molecular flexibility index (Phi) is 4.92. The second-order valence-electron chi connectivity index (χ2n) is 10.4. The third kappa shape index (κ3) is 3.50. The number of hydrogen-bond acceptors (Lipinski definition) is 3. The van der Waals surface area contributed by atoms with E-state index in [-0.39, 0.29) is 11.6 Å². The Hall–Kier alpha value is -4.47. The van der Waals surface area contributed by atoms with E-state index in [0.29, 0.717) is 0 Å². The molecule has 2 aliphatic rings. The standard InChI is InChI=1S/C36H22O2S/c37-35-31-7-3-1-5-21(31)17-25-11-9-23-19-27(13-15-29(23)33(25)35)39-28-14-16-30-24(20-28)10-12-26-18-22-6-2-4-8-32(22)36(38)34(26)30/h1-16,19-20H,17-18H2. The largest absolute Gasteiger partial charge is 0.289 e. The number of hydrogen-bond donors (Lipinski definition) is 0. The van der Waals surface area contributed by atoms with Gasteiger partial charge in [0.25, 0.3) is 0 Å². The maximum absolute atomic E-state index is 13.4. The maximum Gasteiger partial charge on any atom is 0.194 e. The molecule has 3 heteroatoms. The SMILES string of the molecule is O=C1c2ccccc2Cc2ccc3cc(Sc4ccc5c6c(ccc5c4)Cc4ccccc4C6=O)ccc3c21. The van der Waals surface area contributed by atoms with Gasteiger partial charge in [-0.2, -0.15) is 0 Å². The Balaban J connectivity index is 1.14. The lowest BCUT2D eigenvalue weighted by Gasteiger charge is -2.20. The minimum atomic E-state index is 0.118. The summed E-state index contributed by atoms with van der Waals surface area (Å²) >= 11 is 1.70. The molecule has 0 spiro atoms. The monoisotopic (exact) mass is 518 g/mol. The van der Waals surface area contributed by atoms with Crippen LogP contribution in [0.15, 0.2) is 119 Å². The summed E-state index contributed by atoms with van der Waals surface area (Å²) in [6, 6.07) is 37.1. The maximum atomic E-state index is 13.4. The molecule has 6 aromatic rings. The molecule has 0 N–H and O–H groups in total. The first-order valence-electron chi connectivity index (χ1n) is 13.2. The van der Waals surface area contributed by atoms with E-state index in [0.717, 1.165) is 88.7 Å². The molecule has 0 radical (unpaired) electrons. The summed E-state index contributed by atoms with van der Waals surface area (Å²) in [5.74, 6) is 0.237. The molecule has 184 valence electrons. The summed E-state index contributed by atoms with van der Waals surface area (Å²) < 4.78 is 0. The minimum absolute atomic E-state index is 0.118. The van der Waals surface area contributed by atoms with Crippen molar-refractivity contribution in [2.24, 2.45) is 0 Å². The lowest BCUT2D eigenvalue weighted by atomic mass is 9.82. The van der Waals surface area contributed by atoms with Crippen molar-refractivity contribution in [1.29, 1.82) is 0 Å². The Morgan fingerprint density at radius 1 is 0.462 bits per heavy atom. The predicted octanol–water partition coefficient (Wildman–Crippen LogP) is 8.41. The highest BCUT2D eigenvalue weighted by molar-refractivity contribution is 7.99. The average molecular weight is 519 g/mol. The molecule has 2 nitrogen and oxygen atoms in total. The molecule has 0 unspecified atom stereocenters. The molecule has 6 aromatic carbocycles. The van der Waals surface area contributed by atoms with Crippen LogP contribution in [0, 0.1) is 0 Å². The van der Waals surface area contributed by atoms with E-state index in [1.54, 1.807) is 11.8 Å². The van der Waals surface area contributed by atoms with Gasteiger partial charge in [-0.25, -0.2) is 0 Å². The molecular weight excluding hydrogens is 496 g/mol. The number of carbonyl (C=O) groups is 2. The van der Waals surface area contributed by atoms with Crippen LogP contribution >= 0.6 is 11.8 Å². The normalized spacial score (nSPS) is 13.6. The molecule has 0 bridgehead atoms. The lowest BCUT2D eigenvalue weighted by molar-refractivity contribution is 0.102. The van der Waals surface area contributed by atoms with Gasteiger partial charge in [0.2, 0.25) is 0 Å². The minimum Gasteiger partial charge on any atom is -0.289 e. The van der Waals surface area contributed by atoms with Crippen LogP contribution in [0.4, 0.5) is 0 Å². The second kappa shape index (κ2) is 8.52. The highest BCUT2D eigenvalue weighted by atomic mass is 32.2. The van der Waals surface area contributed by atoms with Gasteiger partial charge in [-0.05, 0) is 80.9 Å². The number of ketones is 2. The topological polar surface area (TPSA) is 34.1 Å². The third-order valence-corrected chi connectivity index (χ3v) is 9.11. The number of benzene rings is 6. The molecule has 0 aliphatic heterocycles. The van der Waals surface area contributed by atoms with Crippen molar-refractivity contribution in [2.75, 3.05) is 0 Å². The van der Waals surface area contributed by atoms with Crippen LogP contribution < -0.4 is 0 Å². The van der Waals surface area contributed by atoms with Crippen LogP contribution in [-0.4, -0.2) is 11.6 Å². The van der Waals surface area contributed by atoms with Crippen molar-refractivity contribution in [1.82, 2.24) is 0 Å². The fourth-order valence-corrected chi connectivity index (χ4v) is 7.19. The van der Waals surface area contributed by atoms with Gasteiger partial charge in [-0.3, -0.25) is 9.59 Å². The summed E-state index contributed by atoms with van der Waals surface area (Å²) in [7, 11) is 0.